The Hall–Kier alpha value is -1.80. The van der Waals surface area contributed by atoms with Gasteiger partial charge in [-0.1, -0.05) is 63.8 Å². The Bertz CT molecular complexity index is 931. The molecule has 1 aliphatic carbocycles. The third kappa shape index (κ3) is 4.12. The molecule has 4 heterocycles. The molecule has 2 saturated heterocycles. The second-order valence-electron chi connectivity index (χ2n) is 11.1. The van der Waals surface area contributed by atoms with Gasteiger partial charge in [0, 0.05) is 17.8 Å². The van der Waals surface area contributed by atoms with Crippen molar-refractivity contribution in [3.05, 3.63) is 24.3 Å². The molecule has 198 valence electrons. The van der Waals surface area contributed by atoms with Crippen molar-refractivity contribution >= 4 is 29.5 Å². The highest BCUT2D eigenvalue weighted by Gasteiger charge is 2.72. The van der Waals surface area contributed by atoms with Gasteiger partial charge in [-0.05, 0) is 31.6 Å². The smallest absolute Gasteiger partial charge is 0.311 e. The normalized spacial score (nSPS) is 37.7. The number of hydrogen-bond donors (Lipinski definition) is 1. The summed E-state index contributed by atoms with van der Waals surface area (Å²) in [5, 5.41) is 10.3. The molecular formula is C28H40N2O5S. The van der Waals surface area contributed by atoms with Crippen LogP contribution in [0.1, 0.15) is 65.2 Å². The fourth-order valence-corrected chi connectivity index (χ4v) is 9.09. The molecular weight excluding hydrogens is 476 g/mol. The van der Waals surface area contributed by atoms with E-state index < -0.39 is 28.7 Å². The number of thioether (sulfide) groups is 1. The van der Waals surface area contributed by atoms with E-state index >= 15 is 0 Å². The van der Waals surface area contributed by atoms with Crippen LogP contribution < -0.4 is 0 Å². The number of amides is 2. The molecule has 36 heavy (non-hydrogen) atoms. The average molecular weight is 517 g/mol. The molecule has 7 atom stereocenters. The summed E-state index contributed by atoms with van der Waals surface area (Å²) < 4.78 is 4.79. The highest BCUT2D eigenvalue weighted by atomic mass is 32.2. The van der Waals surface area contributed by atoms with Crippen molar-refractivity contribution in [3.8, 4) is 0 Å². The van der Waals surface area contributed by atoms with Gasteiger partial charge in [-0.3, -0.25) is 14.4 Å². The van der Waals surface area contributed by atoms with Gasteiger partial charge in [0.15, 0.2) is 0 Å². The molecule has 1 N–H and O–H groups in total. The van der Waals surface area contributed by atoms with Gasteiger partial charge in [-0.25, -0.2) is 0 Å². The Labute approximate surface area is 218 Å². The van der Waals surface area contributed by atoms with Gasteiger partial charge in [0.25, 0.3) is 0 Å². The minimum Gasteiger partial charge on any atom is -0.465 e. The fourth-order valence-electron chi connectivity index (χ4n) is 7.10. The van der Waals surface area contributed by atoms with E-state index in [9.17, 15) is 19.5 Å². The molecule has 1 unspecified atom stereocenters. The average Bonchev–Trinajstić information content (AvgIpc) is 3.30. The van der Waals surface area contributed by atoms with E-state index in [4.69, 9.17) is 4.74 Å². The monoisotopic (exact) mass is 516 g/mol. The number of carbonyl (C=O) groups is 3. The van der Waals surface area contributed by atoms with Gasteiger partial charge in [0.2, 0.25) is 11.8 Å². The quantitative estimate of drug-likeness (QED) is 0.446. The topological polar surface area (TPSA) is 87.2 Å². The lowest BCUT2D eigenvalue weighted by molar-refractivity contribution is -0.154. The Morgan fingerprint density at radius 3 is 2.64 bits per heavy atom. The van der Waals surface area contributed by atoms with Crippen LogP contribution in [0.5, 0.6) is 0 Å². The van der Waals surface area contributed by atoms with Crippen LogP contribution in [0, 0.1) is 17.8 Å². The second kappa shape index (κ2) is 10.5. The number of cyclic esters (lactones) is 1. The lowest BCUT2D eigenvalue weighted by Gasteiger charge is -2.42. The van der Waals surface area contributed by atoms with E-state index in [0.717, 1.165) is 44.9 Å². The van der Waals surface area contributed by atoms with Crippen molar-refractivity contribution in [1.29, 1.82) is 0 Å². The molecule has 3 fully saturated rings. The van der Waals surface area contributed by atoms with Crippen molar-refractivity contribution in [2.75, 3.05) is 19.8 Å². The summed E-state index contributed by atoms with van der Waals surface area (Å²) in [7, 11) is 0. The number of esters is 1. The molecule has 0 aromatic carbocycles. The lowest BCUT2D eigenvalue weighted by Crippen LogP contribution is -2.59. The van der Waals surface area contributed by atoms with E-state index in [0.29, 0.717) is 13.2 Å². The molecule has 0 aromatic rings. The number of likely N-dealkylation sites (tertiary alicyclic amines) is 1. The number of hydrogen-bond acceptors (Lipinski definition) is 6. The summed E-state index contributed by atoms with van der Waals surface area (Å²) in [6, 6.07) is -1.03. The zero-order valence-electron chi connectivity index (χ0n) is 21.5. The zero-order chi connectivity index (χ0) is 25.4. The maximum absolute atomic E-state index is 14.5. The lowest BCUT2D eigenvalue weighted by atomic mass is 9.78. The summed E-state index contributed by atoms with van der Waals surface area (Å²) in [6.07, 6.45) is 16.0. The first-order valence-corrected chi connectivity index (χ1v) is 14.7. The molecule has 5 rings (SSSR count). The van der Waals surface area contributed by atoms with E-state index in [1.165, 1.54) is 6.42 Å². The zero-order valence-corrected chi connectivity index (χ0v) is 22.3. The van der Waals surface area contributed by atoms with E-state index in [2.05, 4.69) is 24.3 Å². The van der Waals surface area contributed by atoms with Gasteiger partial charge < -0.3 is 19.6 Å². The van der Waals surface area contributed by atoms with E-state index in [-0.39, 0.29) is 41.6 Å². The van der Waals surface area contributed by atoms with Crippen LogP contribution in [0.25, 0.3) is 0 Å². The van der Waals surface area contributed by atoms with Crippen molar-refractivity contribution < 1.29 is 24.2 Å². The Morgan fingerprint density at radius 2 is 1.92 bits per heavy atom. The van der Waals surface area contributed by atoms with Crippen LogP contribution in [0.2, 0.25) is 0 Å². The number of aliphatic hydroxyl groups excluding tert-OH is 1. The van der Waals surface area contributed by atoms with Gasteiger partial charge in [-0.2, -0.15) is 0 Å². The number of allylic oxidation sites excluding steroid dienone is 1. The van der Waals surface area contributed by atoms with Gasteiger partial charge in [-0.15, -0.1) is 11.8 Å². The van der Waals surface area contributed by atoms with Crippen LogP contribution in [0.15, 0.2) is 24.3 Å². The maximum atomic E-state index is 14.5. The Morgan fingerprint density at radius 1 is 1.14 bits per heavy atom. The van der Waals surface area contributed by atoms with E-state index in [1.807, 2.05) is 18.7 Å². The summed E-state index contributed by atoms with van der Waals surface area (Å²) >= 11 is 1.59. The summed E-state index contributed by atoms with van der Waals surface area (Å²) in [6.45, 7) is 4.73. The minimum atomic E-state index is -0.851. The van der Waals surface area contributed by atoms with E-state index in [1.54, 1.807) is 16.7 Å². The largest absolute Gasteiger partial charge is 0.465 e. The first-order chi connectivity index (χ1) is 17.4. The molecule has 2 amide bonds. The third-order valence-electron chi connectivity index (χ3n) is 9.18. The Balaban J connectivity index is 1.62. The van der Waals surface area contributed by atoms with Crippen molar-refractivity contribution in [2.45, 2.75) is 93.3 Å². The maximum Gasteiger partial charge on any atom is 0.311 e. The molecule has 0 bridgehead atoms. The third-order valence-corrected chi connectivity index (χ3v) is 10.9. The molecule has 1 saturated carbocycles. The van der Waals surface area contributed by atoms with Crippen molar-refractivity contribution in [3.63, 3.8) is 0 Å². The number of ether oxygens (including phenoxy) is 1. The molecule has 1 spiro atoms. The predicted octanol–water partition coefficient (Wildman–Crippen LogP) is 3.32. The molecule has 4 aliphatic heterocycles. The van der Waals surface area contributed by atoms with Crippen molar-refractivity contribution in [2.24, 2.45) is 17.8 Å². The van der Waals surface area contributed by atoms with Crippen LogP contribution in [0.4, 0.5) is 0 Å². The van der Waals surface area contributed by atoms with Crippen molar-refractivity contribution in [1.82, 2.24) is 9.80 Å². The first-order valence-electron chi connectivity index (χ1n) is 13.9. The molecule has 5 aliphatic rings. The summed E-state index contributed by atoms with van der Waals surface area (Å²) in [5.41, 5.74) is 0. The van der Waals surface area contributed by atoms with Gasteiger partial charge in [0.1, 0.15) is 6.04 Å². The number of carbonyl (C=O) groups excluding carboxylic acids is 3. The predicted molar refractivity (Wildman–Crippen MR) is 139 cm³/mol. The van der Waals surface area contributed by atoms with Gasteiger partial charge in [0.05, 0.1) is 35.8 Å². The highest BCUT2D eigenvalue weighted by molar-refractivity contribution is 8.02. The fraction of sp³-hybridized carbons (Fsp3) is 0.750. The second-order valence-corrected chi connectivity index (χ2v) is 12.6. The molecule has 7 nitrogen and oxygen atoms in total. The Kier molecular flexibility index (Phi) is 7.55. The number of nitrogens with zero attached hydrogens (tertiary/aromatic N) is 2. The first kappa shape index (κ1) is 25.8. The molecule has 0 radical (unpaired) electrons. The molecule has 0 aromatic heterocycles. The van der Waals surface area contributed by atoms with Crippen LogP contribution in [0.3, 0.4) is 0 Å². The molecule has 8 heteroatoms. The van der Waals surface area contributed by atoms with Gasteiger partial charge >= 0.3 is 5.97 Å². The number of rotatable bonds is 5. The van der Waals surface area contributed by atoms with Crippen LogP contribution >= 0.6 is 11.8 Å². The van der Waals surface area contributed by atoms with Crippen LogP contribution in [-0.2, 0) is 19.1 Å². The highest BCUT2D eigenvalue weighted by Crippen LogP contribution is 2.61. The summed E-state index contributed by atoms with van der Waals surface area (Å²) in [5.74, 6) is -1.86. The summed E-state index contributed by atoms with van der Waals surface area (Å²) in [4.78, 5) is 45.9. The number of aliphatic hydroxyl groups is 1. The van der Waals surface area contributed by atoms with Crippen LogP contribution in [-0.4, -0.2) is 80.6 Å². The standard InChI is InChI=1S/C28H40N2O5S/c1-3-18(2)20(17-31)30-24-26(33)29(19-11-6-4-7-12-19)15-10-14-28(24)23(25(30)32)22-21(36-28)13-8-5-9-16-35-27(22)34/h8,10,13-14,18-24,31H,3-7,9,11-12,15-17H2,1-2H3/b13-8-/t18-,20-,21-,22+,23-,24?,28-/m0/s1. The SMILES string of the molecule is CC[C@H](C)[C@H](CO)N1C(=O)[C@@H]2[C@@H]3C(=O)OCCC/C=C\[C@@H]3S[C@@]23C=CCN(C2CCCCC2)C(=O)C13. The number of fused-ring (bicyclic) bond motifs is 2. The minimum absolute atomic E-state index is 0.0196.